The second kappa shape index (κ2) is 22.7. The van der Waals surface area contributed by atoms with Crippen LogP contribution >= 0.6 is 7.60 Å². The number of nitrogens with zero attached hydrogens (tertiary/aromatic N) is 2. The highest BCUT2D eigenvalue weighted by Crippen LogP contribution is 2.43. The van der Waals surface area contributed by atoms with E-state index >= 15 is 0 Å². The van der Waals surface area contributed by atoms with Gasteiger partial charge in [0.25, 0.3) is 0 Å². The van der Waals surface area contributed by atoms with E-state index in [-0.39, 0.29) is 25.8 Å². The van der Waals surface area contributed by atoms with Crippen LogP contribution in [0.5, 0.6) is 0 Å². The van der Waals surface area contributed by atoms with Gasteiger partial charge in [-0.05, 0) is 12.8 Å². The maximum absolute atomic E-state index is 12.9. The summed E-state index contributed by atoms with van der Waals surface area (Å²) >= 11 is 0. The lowest BCUT2D eigenvalue weighted by Crippen LogP contribution is -2.43. The number of hydrogen-bond acceptors (Lipinski definition) is 5. The summed E-state index contributed by atoms with van der Waals surface area (Å²) in [4.78, 5) is 36.0. The third-order valence-corrected chi connectivity index (χ3v) is 8.38. The SMILES string of the molecule is CCCCCCCCCCCCCCCCOC[C@H](CCP(=O)(O)OCC[N+](C)(C)C)C(=O)N(C)C(=O)NC. The first kappa shape index (κ1) is 38.0. The number of likely N-dealkylation sites (N-methyl/N-ethyl adjacent to an activating group) is 1. The molecule has 39 heavy (non-hydrogen) atoms. The molecule has 1 unspecified atom stereocenters. The van der Waals surface area contributed by atoms with E-state index in [0.29, 0.717) is 17.6 Å². The van der Waals surface area contributed by atoms with Crippen LogP contribution in [0.3, 0.4) is 0 Å². The number of quaternary nitrogens is 1. The number of carbonyl (C=O) groups is 2. The van der Waals surface area contributed by atoms with Gasteiger partial charge in [-0.25, -0.2) is 4.79 Å². The van der Waals surface area contributed by atoms with E-state index in [1.54, 1.807) is 0 Å². The van der Waals surface area contributed by atoms with Crippen molar-refractivity contribution in [3.63, 3.8) is 0 Å². The Kier molecular flexibility index (Phi) is 22.1. The lowest BCUT2D eigenvalue weighted by atomic mass is 10.0. The number of rotatable bonds is 25. The zero-order valence-electron chi connectivity index (χ0n) is 26.0. The molecule has 0 fully saturated rings. The molecule has 2 atom stereocenters. The van der Waals surface area contributed by atoms with E-state index < -0.39 is 25.5 Å². The van der Waals surface area contributed by atoms with E-state index in [1.807, 2.05) is 21.1 Å². The van der Waals surface area contributed by atoms with Crippen molar-refractivity contribution in [1.82, 2.24) is 10.2 Å². The monoisotopic (exact) mass is 578 g/mol. The van der Waals surface area contributed by atoms with Crippen molar-refractivity contribution in [3.8, 4) is 0 Å². The smallest absolute Gasteiger partial charge is 0.328 e. The van der Waals surface area contributed by atoms with Gasteiger partial charge in [-0.3, -0.25) is 14.3 Å². The van der Waals surface area contributed by atoms with Crippen molar-refractivity contribution in [2.45, 2.75) is 103 Å². The summed E-state index contributed by atoms with van der Waals surface area (Å²) in [6.07, 6.45) is 17.9. The molecule has 0 heterocycles. The molecular weight excluding hydrogens is 517 g/mol. The quantitative estimate of drug-likeness (QED) is 0.0760. The second-order valence-electron chi connectivity index (χ2n) is 11.8. The fourth-order valence-corrected chi connectivity index (χ4v) is 5.42. The van der Waals surface area contributed by atoms with Crippen LogP contribution in [0.2, 0.25) is 0 Å². The van der Waals surface area contributed by atoms with Gasteiger partial charge in [0.2, 0.25) is 5.91 Å². The van der Waals surface area contributed by atoms with Crippen molar-refractivity contribution < 1.29 is 32.8 Å². The van der Waals surface area contributed by atoms with Gasteiger partial charge < -0.3 is 24.0 Å². The van der Waals surface area contributed by atoms with Gasteiger partial charge in [0.05, 0.1) is 39.8 Å². The van der Waals surface area contributed by atoms with E-state index in [0.717, 1.165) is 17.7 Å². The topological polar surface area (TPSA) is 105 Å². The molecule has 10 heteroatoms. The molecule has 0 saturated carbocycles. The highest BCUT2D eigenvalue weighted by Gasteiger charge is 2.30. The minimum atomic E-state index is -3.85. The molecule has 0 bridgehead atoms. The van der Waals surface area contributed by atoms with Crippen molar-refractivity contribution in [1.29, 1.82) is 0 Å². The first-order valence-electron chi connectivity index (χ1n) is 15.3. The Morgan fingerprint density at radius 3 is 1.82 bits per heavy atom. The largest absolute Gasteiger partial charge is 0.381 e. The molecule has 232 valence electrons. The van der Waals surface area contributed by atoms with Crippen molar-refractivity contribution in [2.75, 3.05) is 67.8 Å². The highest BCUT2D eigenvalue weighted by molar-refractivity contribution is 7.52. The molecule has 0 aliphatic heterocycles. The minimum Gasteiger partial charge on any atom is -0.381 e. The molecule has 0 rings (SSSR count). The van der Waals surface area contributed by atoms with Crippen molar-refractivity contribution in [2.24, 2.45) is 5.92 Å². The van der Waals surface area contributed by atoms with Crippen LogP contribution in [0.1, 0.15) is 103 Å². The van der Waals surface area contributed by atoms with Crippen molar-refractivity contribution in [3.05, 3.63) is 0 Å². The van der Waals surface area contributed by atoms with Gasteiger partial charge in [0.1, 0.15) is 13.2 Å². The Labute approximate surface area is 239 Å². The minimum absolute atomic E-state index is 0.108. The Morgan fingerprint density at radius 1 is 0.872 bits per heavy atom. The Balaban J connectivity index is 4.24. The molecule has 9 nitrogen and oxygen atoms in total. The molecule has 0 saturated heterocycles. The molecule has 2 N–H and O–H groups in total. The molecule has 3 amide bonds. The predicted molar refractivity (Wildman–Crippen MR) is 160 cm³/mol. The lowest BCUT2D eigenvalue weighted by molar-refractivity contribution is -0.870. The van der Waals surface area contributed by atoms with Crippen LogP contribution in [0.4, 0.5) is 4.79 Å². The predicted octanol–water partition coefficient (Wildman–Crippen LogP) is 6.20. The van der Waals surface area contributed by atoms with Crippen LogP contribution in [0, 0.1) is 5.92 Å². The van der Waals surface area contributed by atoms with Gasteiger partial charge in [-0.2, -0.15) is 0 Å². The molecule has 0 aliphatic rings. The van der Waals surface area contributed by atoms with Gasteiger partial charge in [-0.1, -0.05) is 90.4 Å². The molecule has 0 radical (unpaired) electrons. The van der Waals surface area contributed by atoms with Crippen LogP contribution in [-0.4, -0.2) is 94.0 Å². The molecule has 0 aliphatic carbocycles. The Morgan fingerprint density at radius 2 is 1.36 bits per heavy atom. The van der Waals surface area contributed by atoms with Gasteiger partial charge in [0, 0.05) is 20.7 Å². The number of unbranched alkanes of at least 4 members (excludes halogenated alkanes) is 13. The Bertz CT molecular complexity index is 686. The second-order valence-corrected chi connectivity index (χ2v) is 13.8. The summed E-state index contributed by atoms with van der Waals surface area (Å²) in [5, 5.41) is 2.43. The number of hydrogen-bond donors (Lipinski definition) is 2. The van der Waals surface area contributed by atoms with Gasteiger partial charge >= 0.3 is 13.6 Å². The first-order valence-corrected chi connectivity index (χ1v) is 17.0. The average molecular weight is 579 g/mol. The summed E-state index contributed by atoms with van der Waals surface area (Å²) in [5.74, 6) is -1.12. The number of carbonyl (C=O) groups excluding carboxylic acids is 2. The zero-order valence-corrected chi connectivity index (χ0v) is 26.9. The van der Waals surface area contributed by atoms with Crippen LogP contribution in [-0.2, 0) is 18.6 Å². The van der Waals surface area contributed by atoms with Crippen LogP contribution < -0.4 is 5.32 Å². The Hall–Kier alpha value is -0.990. The van der Waals surface area contributed by atoms with Gasteiger partial charge in [-0.15, -0.1) is 0 Å². The summed E-state index contributed by atoms with van der Waals surface area (Å²) < 4.78 is 24.1. The third kappa shape index (κ3) is 22.4. The third-order valence-electron chi connectivity index (χ3n) is 6.97. The van der Waals surface area contributed by atoms with Crippen LogP contribution in [0.15, 0.2) is 0 Å². The van der Waals surface area contributed by atoms with E-state index in [9.17, 15) is 19.0 Å². The van der Waals surface area contributed by atoms with Crippen molar-refractivity contribution >= 4 is 19.5 Å². The fraction of sp³-hybridized carbons (Fsp3) is 0.931. The zero-order chi connectivity index (χ0) is 29.6. The number of ether oxygens (including phenoxy) is 1. The lowest BCUT2D eigenvalue weighted by Gasteiger charge is -2.25. The van der Waals surface area contributed by atoms with Gasteiger partial charge in [0.15, 0.2) is 0 Å². The van der Waals surface area contributed by atoms with E-state index in [4.69, 9.17) is 9.26 Å². The number of imide groups is 1. The summed E-state index contributed by atoms with van der Waals surface area (Å²) in [7, 11) is 4.94. The number of urea groups is 1. The average Bonchev–Trinajstić information content (AvgIpc) is 2.87. The van der Waals surface area contributed by atoms with Crippen LogP contribution in [0.25, 0.3) is 0 Å². The maximum atomic E-state index is 12.9. The number of nitrogens with one attached hydrogen (secondary N) is 1. The van der Waals surface area contributed by atoms with E-state index in [1.165, 1.54) is 91.1 Å². The first-order chi connectivity index (χ1) is 18.4. The molecule has 0 aromatic rings. The summed E-state index contributed by atoms with van der Waals surface area (Å²) in [6, 6.07) is -0.525. The maximum Gasteiger partial charge on any atom is 0.328 e. The summed E-state index contributed by atoms with van der Waals surface area (Å²) in [6.45, 7) is 3.64. The molecule has 0 spiro atoms. The normalized spacial score (nSPS) is 14.1. The number of amides is 3. The standard InChI is InChI=1S/C29H60N3O6P/c1-7-8-9-10-11-12-13-14-15-16-17-18-19-20-23-37-26-27(28(33)31(3)29(34)30-2)21-25-39(35,36)38-24-22-32(4,5)6/h27H,7-26H2,1-6H3,(H-,30,34,35,36)/p+1/t27-/m0/s1. The molecule has 0 aromatic heterocycles. The molecular formula is C29H61N3O6P+. The fourth-order valence-electron chi connectivity index (χ4n) is 4.28. The van der Waals surface area contributed by atoms with E-state index in [2.05, 4.69) is 12.2 Å². The highest BCUT2D eigenvalue weighted by atomic mass is 31.2. The molecule has 0 aromatic carbocycles. The summed E-state index contributed by atoms with van der Waals surface area (Å²) in [5.41, 5.74) is 0.